The largest absolute Gasteiger partial charge is 0.497 e. The highest BCUT2D eigenvalue weighted by Gasteiger charge is 2.21. The number of aromatic nitrogens is 1. The molecule has 0 bridgehead atoms. The lowest BCUT2D eigenvalue weighted by Crippen LogP contribution is -2.36. The molecule has 1 aromatic heterocycles. The number of pyridine rings is 1. The molecule has 0 atom stereocenters. The summed E-state index contributed by atoms with van der Waals surface area (Å²) in [4.78, 5) is 22.4. The number of benzene rings is 2. The maximum Gasteiger partial charge on any atom is 0.227 e. The van der Waals surface area contributed by atoms with Crippen molar-refractivity contribution >= 4 is 16.8 Å². The quantitative estimate of drug-likeness (QED) is 0.626. The van der Waals surface area contributed by atoms with Crippen molar-refractivity contribution in [2.45, 2.75) is 33.2 Å². The predicted molar refractivity (Wildman–Crippen MR) is 124 cm³/mol. The number of hydrogen-bond acceptors (Lipinski definition) is 4. The molecule has 0 N–H and O–H groups in total. The van der Waals surface area contributed by atoms with Crippen molar-refractivity contribution in [3.63, 3.8) is 0 Å². The first kappa shape index (κ1) is 21.3. The zero-order valence-corrected chi connectivity index (χ0v) is 18.7. The Labute approximate surface area is 184 Å². The van der Waals surface area contributed by atoms with E-state index in [-0.39, 0.29) is 5.91 Å². The Morgan fingerprint density at radius 1 is 1.00 bits per heavy atom. The number of amides is 1. The van der Waals surface area contributed by atoms with E-state index in [0.717, 1.165) is 67.1 Å². The van der Waals surface area contributed by atoms with Gasteiger partial charge in [0.25, 0.3) is 0 Å². The van der Waals surface area contributed by atoms with Crippen LogP contribution >= 0.6 is 0 Å². The van der Waals surface area contributed by atoms with E-state index in [0.29, 0.717) is 6.42 Å². The van der Waals surface area contributed by atoms with Gasteiger partial charge in [-0.2, -0.15) is 0 Å². The highest BCUT2D eigenvalue weighted by Crippen LogP contribution is 2.23. The maximum atomic E-state index is 13.2. The van der Waals surface area contributed by atoms with Gasteiger partial charge < -0.3 is 9.64 Å². The molecule has 2 aromatic carbocycles. The lowest BCUT2D eigenvalue weighted by Gasteiger charge is -2.23. The normalized spacial score (nSPS) is 15.1. The number of carbonyl (C=O) groups is 1. The van der Waals surface area contributed by atoms with Crippen LogP contribution in [0.5, 0.6) is 5.75 Å². The Morgan fingerprint density at radius 2 is 1.77 bits per heavy atom. The zero-order chi connectivity index (χ0) is 21.8. The van der Waals surface area contributed by atoms with Crippen LogP contribution in [0.4, 0.5) is 0 Å². The molecule has 0 radical (unpaired) electrons. The van der Waals surface area contributed by atoms with Gasteiger partial charge in [0, 0.05) is 43.8 Å². The summed E-state index contributed by atoms with van der Waals surface area (Å²) in [6, 6.07) is 16.4. The van der Waals surface area contributed by atoms with E-state index in [1.165, 1.54) is 11.1 Å². The van der Waals surface area contributed by atoms with Gasteiger partial charge in [0.1, 0.15) is 5.75 Å². The highest BCUT2D eigenvalue weighted by atomic mass is 16.5. The lowest BCUT2D eigenvalue weighted by molar-refractivity contribution is -0.130. The molecule has 0 unspecified atom stereocenters. The summed E-state index contributed by atoms with van der Waals surface area (Å²) >= 11 is 0. The third-order valence-electron chi connectivity index (χ3n) is 6.32. The zero-order valence-electron chi connectivity index (χ0n) is 18.7. The summed E-state index contributed by atoms with van der Waals surface area (Å²) in [6.45, 7) is 8.51. The fraction of sp³-hybridized carbons (Fsp3) is 0.385. The number of rotatable bonds is 5. The van der Waals surface area contributed by atoms with Gasteiger partial charge in [-0.1, -0.05) is 30.3 Å². The predicted octanol–water partition coefficient (Wildman–Crippen LogP) is 4.14. The molecule has 3 aromatic rings. The van der Waals surface area contributed by atoms with Crippen LogP contribution in [0.25, 0.3) is 10.9 Å². The summed E-state index contributed by atoms with van der Waals surface area (Å²) < 4.78 is 5.25. The molecule has 4 rings (SSSR count). The molecule has 1 amide bonds. The number of nitrogens with zero attached hydrogens (tertiary/aromatic N) is 3. The molecule has 31 heavy (non-hydrogen) atoms. The Morgan fingerprint density at radius 3 is 2.55 bits per heavy atom. The molecular formula is C26H31N3O2. The van der Waals surface area contributed by atoms with Crippen LogP contribution in [-0.4, -0.2) is 54.0 Å². The van der Waals surface area contributed by atoms with Crippen LogP contribution in [-0.2, 0) is 17.8 Å². The second-order valence-electron chi connectivity index (χ2n) is 8.35. The Hall–Kier alpha value is -2.92. The summed E-state index contributed by atoms with van der Waals surface area (Å²) in [5.41, 5.74) is 5.47. The Bertz CT molecular complexity index is 1060. The number of methoxy groups -OCH3 is 1. The number of para-hydroxylation sites is 1. The molecule has 0 saturated carbocycles. The molecule has 5 heteroatoms. The van der Waals surface area contributed by atoms with Gasteiger partial charge in [-0.25, -0.2) is 0 Å². The van der Waals surface area contributed by atoms with Gasteiger partial charge in [0.05, 0.1) is 19.0 Å². The molecule has 0 spiro atoms. The van der Waals surface area contributed by atoms with Gasteiger partial charge in [-0.15, -0.1) is 0 Å². The molecule has 1 saturated heterocycles. The van der Waals surface area contributed by atoms with Crippen molar-refractivity contribution in [1.29, 1.82) is 0 Å². The Balaban J connectivity index is 1.40. The maximum absolute atomic E-state index is 13.2. The topological polar surface area (TPSA) is 45.7 Å². The standard InChI is InChI=1S/C26H31N3O2/c1-19-23-7-4-5-8-25(23)27-20(2)24(19)17-26(30)29-14-6-13-28(15-16-29)18-21-9-11-22(31-3)12-10-21/h4-5,7-12H,6,13-18H2,1-3H3. The third-order valence-corrected chi connectivity index (χ3v) is 6.32. The summed E-state index contributed by atoms with van der Waals surface area (Å²) in [5, 5.41) is 1.14. The number of fused-ring (bicyclic) bond motifs is 1. The first-order valence-corrected chi connectivity index (χ1v) is 11.0. The molecule has 0 aliphatic carbocycles. The smallest absolute Gasteiger partial charge is 0.227 e. The van der Waals surface area contributed by atoms with Crippen molar-refractivity contribution < 1.29 is 9.53 Å². The first-order chi connectivity index (χ1) is 15.0. The van der Waals surface area contributed by atoms with Crippen LogP contribution in [0.1, 0.15) is 28.8 Å². The minimum atomic E-state index is 0.203. The summed E-state index contributed by atoms with van der Waals surface area (Å²) in [5.74, 6) is 1.08. The average molecular weight is 418 g/mol. The third kappa shape index (κ3) is 4.88. The fourth-order valence-corrected chi connectivity index (χ4v) is 4.46. The van der Waals surface area contributed by atoms with Crippen LogP contribution in [0, 0.1) is 13.8 Å². The first-order valence-electron chi connectivity index (χ1n) is 11.0. The number of ether oxygens (including phenoxy) is 1. The van der Waals surface area contributed by atoms with Crippen LogP contribution in [0.15, 0.2) is 48.5 Å². The van der Waals surface area contributed by atoms with E-state index in [4.69, 9.17) is 9.72 Å². The number of aryl methyl sites for hydroxylation is 2. The molecule has 1 aliphatic rings. The molecule has 1 aliphatic heterocycles. The van der Waals surface area contributed by atoms with E-state index in [1.807, 2.05) is 42.2 Å². The van der Waals surface area contributed by atoms with Crippen molar-refractivity contribution in [2.75, 3.05) is 33.3 Å². The highest BCUT2D eigenvalue weighted by molar-refractivity contribution is 5.86. The Kier molecular flexibility index (Phi) is 6.52. The van der Waals surface area contributed by atoms with Crippen molar-refractivity contribution in [3.05, 3.63) is 70.9 Å². The van der Waals surface area contributed by atoms with Gasteiger partial charge in [-0.05, 0) is 55.2 Å². The van der Waals surface area contributed by atoms with E-state index in [9.17, 15) is 4.79 Å². The molecular weight excluding hydrogens is 386 g/mol. The second kappa shape index (κ2) is 9.48. The van der Waals surface area contributed by atoms with Crippen LogP contribution < -0.4 is 4.74 Å². The van der Waals surface area contributed by atoms with Gasteiger partial charge in [-0.3, -0.25) is 14.7 Å². The van der Waals surface area contributed by atoms with Crippen molar-refractivity contribution in [1.82, 2.24) is 14.8 Å². The molecule has 1 fully saturated rings. The SMILES string of the molecule is COc1ccc(CN2CCCN(C(=O)Cc3c(C)nc4ccccc4c3C)CC2)cc1. The van der Waals surface area contributed by atoms with Crippen LogP contribution in [0.3, 0.4) is 0 Å². The van der Waals surface area contributed by atoms with E-state index in [2.05, 4.69) is 30.0 Å². The van der Waals surface area contributed by atoms with Gasteiger partial charge >= 0.3 is 0 Å². The van der Waals surface area contributed by atoms with E-state index >= 15 is 0 Å². The fourth-order valence-electron chi connectivity index (χ4n) is 4.46. The molecule has 162 valence electrons. The monoisotopic (exact) mass is 417 g/mol. The lowest BCUT2D eigenvalue weighted by atomic mass is 9.99. The van der Waals surface area contributed by atoms with Gasteiger partial charge in [0.2, 0.25) is 5.91 Å². The second-order valence-corrected chi connectivity index (χ2v) is 8.35. The summed E-state index contributed by atoms with van der Waals surface area (Å²) in [7, 11) is 1.69. The molecule has 5 nitrogen and oxygen atoms in total. The number of carbonyl (C=O) groups excluding carboxylic acids is 1. The van der Waals surface area contributed by atoms with Crippen molar-refractivity contribution in [2.24, 2.45) is 0 Å². The van der Waals surface area contributed by atoms with Crippen molar-refractivity contribution in [3.8, 4) is 5.75 Å². The number of hydrogen-bond donors (Lipinski definition) is 0. The summed E-state index contributed by atoms with van der Waals surface area (Å²) in [6.07, 6.45) is 1.42. The van der Waals surface area contributed by atoms with E-state index < -0.39 is 0 Å². The minimum absolute atomic E-state index is 0.203. The van der Waals surface area contributed by atoms with Gasteiger partial charge in [0.15, 0.2) is 0 Å². The average Bonchev–Trinajstić information content (AvgIpc) is 3.03. The van der Waals surface area contributed by atoms with E-state index in [1.54, 1.807) is 7.11 Å². The molecule has 2 heterocycles. The minimum Gasteiger partial charge on any atom is -0.497 e. The van der Waals surface area contributed by atoms with Crippen LogP contribution in [0.2, 0.25) is 0 Å².